The standard InChI is InChI=1S/C23H29N3O6/c1-5-8-16-13-26(4)19(25-16)11-15(3)21(28)20-17(27)12-18(32-22(20)29)14(2)9-6-7-10-24-23(30)31/h7,10-14,24,27H,5-6,8-9H2,1-4H3,(H,30,31)/b10-7+,15-11?. The molecule has 0 radical (unpaired) electrons. The number of hydrogen-bond donors (Lipinski definition) is 3. The molecule has 0 bridgehead atoms. The first-order chi connectivity index (χ1) is 15.1. The van der Waals surface area contributed by atoms with Gasteiger partial charge in [-0.25, -0.2) is 14.6 Å². The predicted octanol–water partition coefficient (Wildman–Crippen LogP) is 3.98. The Balaban J connectivity index is 2.18. The van der Waals surface area contributed by atoms with E-state index in [1.54, 1.807) is 30.6 Å². The van der Waals surface area contributed by atoms with Gasteiger partial charge in [0.05, 0.1) is 5.69 Å². The van der Waals surface area contributed by atoms with Crippen LogP contribution in [0.4, 0.5) is 4.79 Å². The van der Waals surface area contributed by atoms with Crippen LogP contribution in [0.2, 0.25) is 0 Å². The third-order valence-corrected chi connectivity index (χ3v) is 4.93. The first-order valence-electron chi connectivity index (χ1n) is 10.4. The molecule has 1 unspecified atom stereocenters. The number of amides is 1. The van der Waals surface area contributed by atoms with Gasteiger partial charge in [-0.1, -0.05) is 26.3 Å². The number of rotatable bonds is 10. The highest BCUT2D eigenvalue weighted by atomic mass is 16.4. The van der Waals surface area contributed by atoms with Gasteiger partial charge in [0.2, 0.25) is 0 Å². The highest BCUT2D eigenvalue weighted by Crippen LogP contribution is 2.26. The van der Waals surface area contributed by atoms with Crippen LogP contribution in [0, 0.1) is 0 Å². The van der Waals surface area contributed by atoms with Crippen molar-refractivity contribution < 1.29 is 24.2 Å². The summed E-state index contributed by atoms with van der Waals surface area (Å²) in [7, 11) is 1.82. The maximum atomic E-state index is 12.8. The van der Waals surface area contributed by atoms with Crippen molar-refractivity contribution in [2.45, 2.75) is 52.4 Å². The summed E-state index contributed by atoms with van der Waals surface area (Å²) in [5.74, 6) is -0.459. The number of aromatic nitrogens is 2. The molecule has 0 fully saturated rings. The smallest absolute Gasteiger partial charge is 0.408 e. The molecule has 0 aliphatic heterocycles. The van der Waals surface area contributed by atoms with Crippen LogP contribution >= 0.6 is 0 Å². The molecule has 9 heteroatoms. The molecule has 2 aromatic rings. The van der Waals surface area contributed by atoms with Crippen LogP contribution < -0.4 is 10.9 Å². The molecule has 0 aliphatic carbocycles. The Hall–Kier alpha value is -3.62. The van der Waals surface area contributed by atoms with Gasteiger partial charge in [0, 0.05) is 37.0 Å². The first kappa shape index (κ1) is 24.6. The topological polar surface area (TPSA) is 135 Å². The van der Waals surface area contributed by atoms with Crippen molar-refractivity contribution in [1.82, 2.24) is 14.9 Å². The first-order valence-corrected chi connectivity index (χ1v) is 10.4. The number of aromatic hydroxyl groups is 1. The quantitative estimate of drug-likeness (QED) is 0.373. The SMILES string of the molecule is CCCc1cn(C)c(C=C(C)C(=O)c2c(O)cc(C(C)CC/C=C/NC(=O)O)oc2=O)n1. The van der Waals surface area contributed by atoms with Crippen LogP contribution in [0.1, 0.15) is 73.6 Å². The Bertz CT molecular complexity index is 1090. The zero-order valence-electron chi connectivity index (χ0n) is 18.7. The molecule has 2 aromatic heterocycles. The van der Waals surface area contributed by atoms with Gasteiger partial charge < -0.3 is 19.2 Å². The molecule has 0 spiro atoms. The van der Waals surface area contributed by atoms with Crippen molar-refractivity contribution in [3.63, 3.8) is 0 Å². The van der Waals surface area contributed by atoms with E-state index in [-0.39, 0.29) is 17.3 Å². The monoisotopic (exact) mass is 443 g/mol. The normalized spacial score (nSPS) is 12.8. The highest BCUT2D eigenvalue weighted by molar-refractivity contribution is 6.11. The zero-order valence-corrected chi connectivity index (χ0v) is 18.7. The maximum Gasteiger partial charge on any atom is 0.408 e. The summed E-state index contributed by atoms with van der Waals surface area (Å²) in [6.45, 7) is 5.42. The number of allylic oxidation sites excluding steroid dienone is 2. The molecular weight excluding hydrogens is 414 g/mol. The Labute approximate surface area is 186 Å². The number of nitrogens with zero attached hydrogens (tertiary/aromatic N) is 2. The van der Waals surface area contributed by atoms with E-state index in [0.717, 1.165) is 18.5 Å². The average molecular weight is 444 g/mol. The van der Waals surface area contributed by atoms with Crippen molar-refractivity contribution >= 4 is 18.0 Å². The van der Waals surface area contributed by atoms with Crippen LogP contribution in [0.3, 0.4) is 0 Å². The minimum Gasteiger partial charge on any atom is -0.507 e. The molecule has 1 amide bonds. The third kappa shape index (κ3) is 6.44. The lowest BCUT2D eigenvalue weighted by atomic mass is 10.00. The molecule has 2 heterocycles. The summed E-state index contributed by atoms with van der Waals surface area (Å²) in [4.78, 5) is 40.2. The highest BCUT2D eigenvalue weighted by Gasteiger charge is 2.22. The fourth-order valence-corrected chi connectivity index (χ4v) is 3.16. The van der Waals surface area contributed by atoms with Crippen LogP contribution in [0.25, 0.3) is 6.08 Å². The van der Waals surface area contributed by atoms with Crippen molar-refractivity contribution in [3.05, 3.63) is 63.4 Å². The minimum atomic E-state index is -1.15. The number of carbonyl (C=O) groups is 2. The Kier molecular flexibility index (Phi) is 8.57. The lowest BCUT2D eigenvalue weighted by Crippen LogP contribution is -2.17. The molecule has 3 N–H and O–H groups in total. The molecule has 32 heavy (non-hydrogen) atoms. The summed E-state index contributed by atoms with van der Waals surface area (Å²) in [6, 6.07) is 1.28. The van der Waals surface area contributed by atoms with Gasteiger partial charge in [-0.3, -0.25) is 10.1 Å². The van der Waals surface area contributed by atoms with E-state index in [0.29, 0.717) is 18.7 Å². The van der Waals surface area contributed by atoms with Crippen LogP contribution in [-0.4, -0.2) is 31.6 Å². The van der Waals surface area contributed by atoms with E-state index in [4.69, 9.17) is 9.52 Å². The van der Waals surface area contributed by atoms with Crippen LogP contribution in [0.15, 0.2) is 39.3 Å². The van der Waals surface area contributed by atoms with Gasteiger partial charge in [-0.15, -0.1) is 0 Å². The minimum absolute atomic E-state index is 0.228. The number of aryl methyl sites for hydroxylation is 2. The number of ketones is 1. The van der Waals surface area contributed by atoms with E-state index in [9.17, 15) is 19.5 Å². The molecule has 0 aliphatic rings. The molecule has 1 atom stereocenters. The molecule has 0 saturated carbocycles. The number of carboxylic acid groups (broad SMARTS) is 1. The largest absolute Gasteiger partial charge is 0.507 e. The van der Waals surface area contributed by atoms with Crippen molar-refractivity contribution in [1.29, 1.82) is 0 Å². The second-order valence-corrected chi connectivity index (χ2v) is 7.63. The lowest BCUT2D eigenvalue weighted by molar-refractivity contribution is 0.102. The van der Waals surface area contributed by atoms with Crippen molar-refractivity contribution in [3.8, 4) is 5.75 Å². The lowest BCUT2D eigenvalue weighted by Gasteiger charge is -2.11. The van der Waals surface area contributed by atoms with Crippen molar-refractivity contribution in [2.24, 2.45) is 7.05 Å². The Morgan fingerprint density at radius 2 is 2.09 bits per heavy atom. The van der Waals surface area contributed by atoms with Crippen molar-refractivity contribution in [2.75, 3.05) is 0 Å². The molecule has 9 nitrogen and oxygen atoms in total. The van der Waals surface area contributed by atoms with Gasteiger partial charge in [-0.05, 0) is 32.3 Å². The third-order valence-electron chi connectivity index (χ3n) is 4.93. The van der Waals surface area contributed by atoms with E-state index in [2.05, 4.69) is 17.2 Å². The summed E-state index contributed by atoms with van der Waals surface area (Å²) in [5.41, 5.74) is -0.153. The van der Waals surface area contributed by atoms with E-state index in [1.807, 2.05) is 13.2 Å². The average Bonchev–Trinajstić information content (AvgIpc) is 3.05. The number of imidazole rings is 1. The van der Waals surface area contributed by atoms with Crippen LogP contribution in [-0.2, 0) is 13.5 Å². The van der Waals surface area contributed by atoms with E-state index < -0.39 is 28.8 Å². The molecule has 0 aromatic carbocycles. The van der Waals surface area contributed by atoms with Gasteiger partial charge in [0.25, 0.3) is 0 Å². The fourth-order valence-electron chi connectivity index (χ4n) is 3.16. The predicted molar refractivity (Wildman–Crippen MR) is 120 cm³/mol. The number of nitrogens with one attached hydrogen (secondary N) is 1. The second kappa shape index (κ2) is 11.1. The van der Waals surface area contributed by atoms with Gasteiger partial charge >= 0.3 is 11.7 Å². The summed E-state index contributed by atoms with van der Waals surface area (Å²) >= 11 is 0. The van der Waals surface area contributed by atoms with Gasteiger partial charge in [-0.2, -0.15) is 0 Å². The summed E-state index contributed by atoms with van der Waals surface area (Å²) in [5, 5.41) is 21.0. The van der Waals surface area contributed by atoms with Gasteiger partial charge in [0.15, 0.2) is 5.78 Å². The van der Waals surface area contributed by atoms with E-state index in [1.165, 1.54) is 12.3 Å². The van der Waals surface area contributed by atoms with E-state index >= 15 is 0 Å². The fraction of sp³-hybridized carbons (Fsp3) is 0.391. The summed E-state index contributed by atoms with van der Waals surface area (Å²) < 4.78 is 7.11. The summed E-state index contributed by atoms with van der Waals surface area (Å²) in [6.07, 6.45) is 8.11. The molecule has 0 saturated heterocycles. The van der Waals surface area contributed by atoms with Gasteiger partial charge in [0.1, 0.15) is 22.9 Å². The number of carbonyl (C=O) groups excluding carboxylic acids is 1. The molecular formula is C23H29N3O6. The van der Waals surface area contributed by atoms with Crippen LogP contribution in [0.5, 0.6) is 5.75 Å². The second-order valence-electron chi connectivity index (χ2n) is 7.63. The molecule has 2 rings (SSSR count). The maximum absolute atomic E-state index is 12.8. The molecule has 172 valence electrons. The Morgan fingerprint density at radius 3 is 2.72 bits per heavy atom. The number of hydrogen-bond acceptors (Lipinski definition) is 6. The zero-order chi connectivity index (χ0) is 23.8. The Morgan fingerprint density at radius 1 is 1.38 bits per heavy atom. The number of Topliss-reactive ketones (excluding diaryl/α,β-unsaturated/α-hetero) is 1.